The van der Waals surface area contributed by atoms with Crippen LogP contribution in [0.4, 0.5) is 17.1 Å². The Bertz CT molecular complexity index is 1120. The van der Waals surface area contributed by atoms with Gasteiger partial charge in [0, 0.05) is 36.5 Å². The standard InChI is InChI=1S/C23H19N3O5/c27-22-13-16(23(28)24-17-5-4-6-19(14-17)26(29)30)15-25(22)18-9-11-21(12-10-18)31-20-7-2-1-3-8-20/h1-12,14,16H,13,15H2,(H,24,28)/t16-/m1/s1. The van der Waals surface area contributed by atoms with E-state index in [4.69, 9.17) is 4.74 Å². The average Bonchev–Trinajstić information content (AvgIpc) is 3.17. The van der Waals surface area contributed by atoms with Gasteiger partial charge in [0.05, 0.1) is 10.8 Å². The molecule has 1 aliphatic rings. The van der Waals surface area contributed by atoms with Crippen molar-refractivity contribution in [2.75, 3.05) is 16.8 Å². The molecule has 3 aromatic rings. The van der Waals surface area contributed by atoms with Gasteiger partial charge in [-0.15, -0.1) is 0 Å². The molecule has 1 fully saturated rings. The number of hydrogen-bond donors (Lipinski definition) is 1. The van der Waals surface area contributed by atoms with Crippen LogP contribution < -0.4 is 15.0 Å². The lowest BCUT2D eigenvalue weighted by molar-refractivity contribution is -0.384. The number of hydrogen-bond acceptors (Lipinski definition) is 5. The van der Waals surface area contributed by atoms with E-state index in [-0.39, 0.29) is 30.5 Å². The molecule has 1 saturated heterocycles. The predicted octanol–water partition coefficient (Wildman–Crippen LogP) is 4.38. The number of benzene rings is 3. The zero-order valence-electron chi connectivity index (χ0n) is 16.4. The van der Waals surface area contributed by atoms with Gasteiger partial charge in [0.2, 0.25) is 11.8 Å². The molecule has 156 valence electrons. The highest BCUT2D eigenvalue weighted by atomic mass is 16.6. The first-order chi connectivity index (χ1) is 15.0. The van der Waals surface area contributed by atoms with Gasteiger partial charge >= 0.3 is 0 Å². The zero-order chi connectivity index (χ0) is 21.8. The summed E-state index contributed by atoms with van der Waals surface area (Å²) < 4.78 is 5.76. The third-order valence-electron chi connectivity index (χ3n) is 4.95. The second-order valence-electron chi connectivity index (χ2n) is 7.11. The number of non-ortho nitro benzene ring substituents is 1. The third-order valence-corrected chi connectivity index (χ3v) is 4.95. The molecule has 0 aliphatic carbocycles. The molecule has 3 aromatic carbocycles. The predicted molar refractivity (Wildman–Crippen MR) is 115 cm³/mol. The van der Waals surface area contributed by atoms with Crippen molar-refractivity contribution in [3.63, 3.8) is 0 Å². The topological polar surface area (TPSA) is 102 Å². The molecule has 31 heavy (non-hydrogen) atoms. The van der Waals surface area contributed by atoms with E-state index < -0.39 is 10.8 Å². The minimum Gasteiger partial charge on any atom is -0.457 e. The van der Waals surface area contributed by atoms with Crippen molar-refractivity contribution in [3.8, 4) is 11.5 Å². The molecule has 0 bridgehead atoms. The van der Waals surface area contributed by atoms with Crippen molar-refractivity contribution in [1.29, 1.82) is 0 Å². The summed E-state index contributed by atoms with van der Waals surface area (Å²) in [6.45, 7) is 0.235. The molecular formula is C23H19N3O5. The number of nitro benzene ring substituents is 1. The maximum absolute atomic E-state index is 12.6. The van der Waals surface area contributed by atoms with E-state index in [1.165, 1.54) is 18.2 Å². The van der Waals surface area contributed by atoms with E-state index >= 15 is 0 Å². The van der Waals surface area contributed by atoms with Crippen LogP contribution in [0.1, 0.15) is 6.42 Å². The maximum atomic E-state index is 12.6. The number of nitro groups is 1. The molecule has 4 rings (SSSR count). The van der Waals surface area contributed by atoms with Crippen LogP contribution in [0.15, 0.2) is 78.9 Å². The van der Waals surface area contributed by atoms with Gasteiger partial charge < -0.3 is 15.0 Å². The van der Waals surface area contributed by atoms with Crippen LogP contribution in [0.3, 0.4) is 0 Å². The fraction of sp³-hybridized carbons (Fsp3) is 0.130. The number of amides is 2. The lowest BCUT2D eigenvalue weighted by atomic mass is 10.1. The molecule has 1 aliphatic heterocycles. The van der Waals surface area contributed by atoms with Crippen LogP contribution in [0, 0.1) is 16.0 Å². The Kier molecular flexibility index (Phi) is 5.61. The number of para-hydroxylation sites is 1. The van der Waals surface area contributed by atoms with Crippen LogP contribution in [0.2, 0.25) is 0 Å². The number of carbonyl (C=O) groups is 2. The first-order valence-corrected chi connectivity index (χ1v) is 9.68. The van der Waals surface area contributed by atoms with Crippen LogP contribution in [-0.4, -0.2) is 23.3 Å². The van der Waals surface area contributed by atoms with Gasteiger partial charge in [-0.25, -0.2) is 0 Å². The minimum absolute atomic E-state index is 0.0724. The van der Waals surface area contributed by atoms with Crippen molar-refractivity contribution >= 4 is 28.9 Å². The summed E-state index contributed by atoms with van der Waals surface area (Å²) in [6.07, 6.45) is 0.0724. The Labute approximate surface area is 178 Å². The summed E-state index contributed by atoms with van der Waals surface area (Å²) in [5.41, 5.74) is 0.892. The van der Waals surface area contributed by atoms with Crippen LogP contribution in [0.25, 0.3) is 0 Å². The number of nitrogens with zero attached hydrogens (tertiary/aromatic N) is 2. The Balaban J connectivity index is 1.40. The molecule has 1 atom stereocenters. The third kappa shape index (κ3) is 4.69. The average molecular weight is 417 g/mol. The first-order valence-electron chi connectivity index (χ1n) is 9.68. The molecular weight excluding hydrogens is 398 g/mol. The highest BCUT2D eigenvalue weighted by Crippen LogP contribution is 2.29. The van der Waals surface area contributed by atoms with Crippen molar-refractivity contribution < 1.29 is 19.2 Å². The fourth-order valence-corrected chi connectivity index (χ4v) is 3.39. The SMILES string of the molecule is O=C(Nc1cccc([N+](=O)[O-])c1)[C@@H]1CC(=O)N(c2ccc(Oc3ccccc3)cc2)C1. The molecule has 0 aromatic heterocycles. The Morgan fingerprint density at radius 2 is 1.71 bits per heavy atom. The second kappa shape index (κ2) is 8.66. The van der Waals surface area contributed by atoms with Crippen molar-refractivity contribution in [1.82, 2.24) is 0 Å². The maximum Gasteiger partial charge on any atom is 0.271 e. The van der Waals surface area contributed by atoms with Crippen molar-refractivity contribution in [3.05, 3.63) is 89.0 Å². The molecule has 8 nitrogen and oxygen atoms in total. The van der Waals surface area contributed by atoms with E-state index in [9.17, 15) is 19.7 Å². The van der Waals surface area contributed by atoms with Gasteiger partial charge in [-0.2, -0.15) is 0 Å². The van der Waals surface area contributed by atoms with Crippen molar-refractivity contribution in [2.24, 2.45) is 5.92 Å². The highest BCUT2D eigenvalue weighted by Gasteiger charge is 2.35. The second-order valence-corrected chi connectivity index (χ2v) is 7.11. The Morgan fingerprint density at radius 1 is 1.00 bits per heavy atom. The van der Waals surface area contributed by atoms with Crippen LogP contribution in [-0.2, 0) is 9.59 Å². The molecule has 1 heterocycles. The smallest absolute Gasteiger partial charge is 0.271 e. The Morgan fingerprint density at radius 3 is 2.42 bits per heavy atom. The molecule has 0 saturated carbocycles. The molecule has 2 amide bonds. The number of anilines is 2. The van der Waals surface area contributed by atoms with Gasteiger partial charge in [0.1, 0.15) is 11.5 Å². The summed E-state index contributed by atoms with van der Waals surface area (Å²) in [7, 11) is 0. The number of rotatable bonds is 6. The van der Waals surface area contributed by atoms with Crippen LogP contribution >= 0.6 is 0 Å². The lowest BCUT2D eigenvalue weighted by Crippen LogP contribution is -2.28. The summed E-state index contributed by atoms with van der Waals surface area (Å²) in [4.78, 5) is 37.0. The molecule has 0 radical (unpaired) electrons. The summed E-state index contributed by atoms with van der Waals surface area (Å²) in [5.74, 6) is 0.301. The fourth-order valence-electron chi connectivity index (χ4n) is 3.39. The van der Waals surface area contributed by atoms with E-state index in [1.807, 2.05) is 30.3 Å². The number of nitrogens with one attached hydrogen (secondary N) is 1. The van der Waals surface area contributed by atoms with Gasteiger partial charge in [-0.1, -0.05) is 24.3 Å². The normalized spacial score (nSPS) is 15.5. The summed E-state index contributed by atoms with van der Waals surface area (Å²) in [5, 5.41) is 13.6. The highest BCUT2D eigenvalue weighted by molar-refractivity contribution is 6.03. The molecule has 0 unspecified atom stereocenters. The summed E-state index contributed by atoms with van der Waals surface area (Å²) in [6, 6.07) is 22.2. The zero-order valence-corrected chi connectivity index (χ0v) is 16.4. The van der Waals surface area contributed by atoms with E-state index in [1.54, 1.807) is 35.2 Å². The van der Waals surface area contributed by atoms with Gasteiger partial charge in [-0.3, -0.25) is 19.7 Å². The van der Waals surface area contributed by atoms with Gasteiger partial charge in [-0.05, 0) is 42.5 Å². The quantitative estimate of drug-likeness (QED) is 0.474. The summed E-state index contributed by atoms with van der Waals surface area (Å²) >= 11 is 0. The largest absolute Gasteiger partial charge is 0.457 e. The number of ether oxygens (including phenoxy) is 1. The molecule has 1 N–H and O–H groups in total. The van der Waals surface area contributed by atoms with Gasteiger partial charge in [0.15, 0.2) is 0 Å². The molecule has 8 heteroatoms. The van der Waals surface area contributed by atoms with Crippen LogP contribution in [0.5, 0.6) is 11.5 Å². The van der Waals surface area contributed by atoms with Crippen molar-refractivity contribution in [2.45, 2.75) is 6.42 Å². The monoisotopic (exact) mass is 417 g/mol. The first kappa shape index (κ1) is 20.1. The van der Waals surface area contributed by atoms with E-state index in [2.05, 4.69) is 5.32 Å². The molecule has 0 spiro atoms. The van der Waals surface area contributed by atoms with Gasteiger partial charge in [0.25, 0.3) is 5.69 Å². The number of carbonyl (C=O) groups excluding carboxylic acids is 2. The van der Waals surface area contributed by atoms with E-state index in [0.29, 0.717) is 22.9 Å². The lowest BCUT2D eigenvalue weighted by Gasteiger charge is -2.17. The van der Waals surface area contributed by atoms with E-state index in [0.717, 1.165) is 0 Å². The Hall–Kier alpha value is -4.20. The minimum atomic E-state index is -0.549.